The number of rotatable bonds is 1. The molecule has 0 fully saturated rings. The van der Waals surface area contributed by atoms with Gasteiger partial charge in [-0.05, 0) is 24.3 Å². The summed E-state index contributed by atoms with van der Waals surface area (Å²) in [6, 6.07) is 10.1. The van der Waals surface area contributed by atoms with Crippen molar-refractivity contribution in [2.75, 3.05) is 12.4 Å². The van der Waals surface area contributed by atoms with Gasteiger partial charge in [-0.3, -0.25) is 4.79 Å². The number of benzene rings is 2. The normalized spacial score (nSPS) is 17.3. The Hall–Kier alpha value is -2.40. The molecule has 0 spiro atoms. The number of nitrogens with one attached hydrogen (secondary N) is 1. The lowest BCUT2D eigenvalue weighted by Gasteiger charge is -2.35. The van der Waals surface area contributed by atoms with Crippen LogP contribution in [0, 0.1) is 0 Å². The number of nitrogens with zero attached hydrogens (tertiary/aromatic N) is 1. The van der Waals surface area contributed by atoms with E-state index in [-0.39, 0.29) is 22.4 Å². The molecule has 6 heteroatoms. The number of carbonyl (C=O) groups excluding carboxylic acids is 1. The molecule has 0 saturated heterocycles. The van der Waals surface area contributed by atoms with Crippen LogP contribution < -0.4 is 5.32 Å². The summed E-state index contributed by atoms with van der Waals surface area (Å²) in [5.74, 6) is -0.817. The quantitative estimate of drug-likeness (QED) is 0.708. The Morgan fingerprint density at radius 1 is 1.24 bits per heavy atom. The van der Waals surface area contributed by atoms with Gasteiger partial charge in [-0.2, -0.15) is 0 Å². The van der Waals surface area contributed by atoms with E-state index in [4.69, 9.17) is 11.6 Å². The second kappa shape index (κ2) is 4.86. The van der Waals surface area contributed by atoms with Gasteiger partial charge in [0.05, 0.1) is 10.6 Å². The monoisotopic (exact) mass is 304 g/mol. The fourth-order valence-electron chi connectivity index (χ4n) is 2.42. The molecule has 1 aliphatic rings. The van der Waals surface area contributed by atoms with Crippen LogP contribution in [-0.4, -0.2) is 28.1 Å². The van der Waals surface area contributed by atoms with Crippen LogP contribution in [0.4, 0.5) is 5.69 Å². The fraction of sp³-hybridized carbons (Fsp3) is 0.133. The summed E-state index contributed by atoms with van der Waals surface area (Å²) in [5.41, 5.74) is 1.89. The molecule has 5 nitrogen and oxygen atoms in total. The van der Waals surface area contributed by atoms with Gasteiger partial charge in [0.15, 0.2) is 11.5 Å². The second-order valence-corrected chi connectivity index (χ2v) is 5.29. The Morgan fingerprint density at radius 2 is 1.95 bits per heavy atom. The Morgan fingerprint density at radius 3 is 2.67 bits per heavy atom. The van der Waals surface area contributed by atoms with Crippen LogP contribution in [0.5, 0.6) is 11.5 Å². The number of amides is 1. The topological polar surface area (TPSA) is 72.8 Å². The SMILES string of the molecule is CN1C(=O)c2ccccc2NC1c1cc(O)c(O)c(Cl)c1. The van der Waals surface area contributed by atoms with Gasteiger partial charge in [-0.1, -0.05) is 23.7 Å². The summed E-state index contributed by atoms with van der Waals surface area (Å²) in [5, 5.41) is 22.5. The molecule has 3 N–H and O–H groups in total. The lowest BCUT2D eigenvalue weighted by atomic mass is 10.0. The summed E-state index contributed by atoms with van der Waals surface area (Å²) < 4.78 is 0. The lowest BCUT2D eigenvalue weighted by Crippen LogP contribution is -2.40. The molecule has 0 aliphatic carbocycles. The highest BCUT2D eigenvalue weighted by atomic mass is 35.5. The van der Waals surface area contributed by atoms with Crippen LogP contribution in [0.15, 0.2) is 36.4 Å². The first-order valence-corrected chi connectivity index (χ1v) is 6.71. The van der Waals surface area contributed by atoms with E-state index in [9.17, 15) is 15.0 Å². The highest BCUT2D eigenvalue weighted by Gasteiger charge is 2.30. The van der Waals surface area contributed by atoms with Gasteiger partial charge in [0.1, 0.15) is 6.17 Å². The molecule has 0 bridgehead atoms. The number of phenols is 2. The molecule has 2 aromatic rings. The minimum absolute atomic E-state index is 0.0338. The van der Waals surface area contributed by atoms with E-state index in [0.29, 0.717) is 16.8 Å². The van der Waals surface area contributed by atoms with Gasteiger partial charge in [-0.25, -0.2) is 0 Å². The predicted octanol–water partition coefficient (Wildman–Crippen LogP) is 2.95. The summed E-state index contributed by atoms with van der Waals surface area (Å²) in [6.07, 6.45) is -0.476. The molecule has 21 heavy (non-hydrogen) atoms. The smallest absolute Gasteiger partial charge is 0.257 e. The van der Waals surface area contributed by atoms with Gasteiger partial charge in [0.25, 0.3) is 5.91 Å². The van der Waals surface area contributed by atoms with Crippen molar-refractivity contribution < 1.29 is 15.0 Å². The number of hydrogen-bond donors (Lipinski definition) is 3. The number of aromatic hydroxyl groups is 2. The van der Waals surface area contributed by atoms with Gasteiger partial charge < -0.3 is 20.4 Å². The molecule has 0 saturated carbocycles. The summed E-state index contributed by atoms with van der Waals surface area (Å²) in [6.45, 7) is 0. The van der Waals surface area contributed by atoms with Crippen LogP contribution in [0.1, 0.15) is 22.1 Å². The molecule has 1 amide bonds. The largest absolute Gasteiger partial charge is 0.504 e. The van der Waals surface area contributed by atoms with Gasteiger partial charge in [-0.15, -0.1) is 0 Å². The van der Waals surface area contributed by atoms with Crippen molar-refractivity contribution in [3.8, 4) is 11.5 Å². The first-order chi connectivity index (χ1) is 9.99. The van der Waals surface area contributed by atoms with E-state index < -0.39 is 6.17 Å². The van der Waals surface area contributed by atoms with Crippen LogP contribution in [0.25, 0.3) is 0 Å². The summed E-state index contributed by atoms with van der Waals surface area (Å²) in [7, 11) is 1.66. The third-order valence-corrected chi connectivity index (χ3v) is 3.83. The maximum Gasteiger partial charge on any atom is 0.257 e. The Balaban J connectivity index is 2.07. The average molecular weight is 305 g/mol. The summed E-state index contributed by atoms with van der Waals surface area (Å²) in [4.78, 5) is 13.9. The molecule has 1 unspecified atom stereocenters. The molecule has 0 aromatic heterocycles. The highest BCUT2D eigenvalue weighted by Crippen LogP contribution is 2.39. The van der Waals surface area contributed by atoms with Crippen LogP contribution in [0.2, 0.25) is 5.02 Å². The Bertz CT molecular complexity index is 710. The van der Waals surface area contributed by atoms with Crippen molar-refractivity contribution in [3.63, 3.8) is 0 Å². The first kappa shape index (κ1) is 13.6. The molecule has 1 aliphatic heterocycles. The molecular formula is C15H13ClN2O3. The molecule has 0 radical (unpaired) electrons. The second-order valence-electron chi connectivity index (χ2n) is 4.88. The number of phenolic OH excluding ortho intramolecular Hbond substituents is 2. The number of hydrogen-bond acceptors (Lipinski definition) is 4. The zero-order valence-corrected chi connectivity index (χ0v) is 11.9. The first-order valence-electron chi connectivity index (χ1n) is 6.33. The maximum atomic E-state index is 12.4. The van der Waals surface area contributed by atoms with Crippen molar-refractivity contribution in [2.24, 2.45) is 0 Å². The Labute approximate surface area is 126 Å². The number of carbonyl (C=O) groups is 1. The predicted molar refractivity (Wildman–Crippen MR) is 79.7 cm³/mol. The third-order valence-electron chi connectivity index (χ3n) is 3.54. The maximum absolute atomic E-state index is 12.4. The van der Waals surface area contributed by atoms with Gasteiger partial charge in [0.2, 0.25) is 0 Å². The molecule has 108 valence electrons. The standard InChI is InChI=1S/C15H13ClN2O3/c1-18-14(8-6-10(16)13(20)12(19)7-8)17-11-5-3-2-4-9(11)15(18)21/h2-7,14,17,19-20H,1H3. The Kier molecular flexibility index (Phi) is 3.14. The van der Waals surface area contributed by atoms with Crippen LogP contribution >= 0.6 is 11.6 Å². The van der Waals surface area contributed by atoms with Crippen molar-refractivity contribution in [2.45, 2.75) is 6.17 Å². The molecular weight excluding hydrogens is 292 g/mol. The van der Waals surface area contributed by atoms with E-state index in [0.717, 1.165) is 0 Å². The third kappa shape index (κ3) is 2.15. The zero-order valence-electron chi connectivity index (χ0n) is 11.2. The molecule has 2 aromatic carbocycles. The van der Waals surface area contributed by atoms with E-state index >= 15 is 0 Å². The minimum atomic E-state index is -0.476. The van der Waals surface area contributed by atoms with Gasteiger partial charge in [0, 0.05) is 18.3 Å². The number of anilines is 1. The molecule has 1 heterocycles. The zero-order chi connectivity index (χ0) is 15.1. The molecule has 1 atom stereocenters. The average Bonchev–Trinajstić information content (AvgIpc) is 2.48. The van der Waals surface area contributed by atoms with Crippen LogP contribution in [-0.2, 0) is 0 Å². The number of para-hydroxylation sites is 1. The van der Waals surface area contributed by atoms with E-state index in [1.807, 2.05) is 12.1 Å². The summed E-state index contributed by atoms with van der Waals surface area (Å²) >= 11 is 5.88. The van der Waals surface area contributed by atoms with Crippen molar-refractivity contribution in [3.05, 3.63) is 52.5 Å². The molecule has 3 rings (SSSR count). The van der Waals surface area contributed by atoms with Crippen molar-refractivity contribution >= 4 is 23.2 Å². The fourth-order valence-corrected chi connectivity index (χ4v) is 2.64. The van der Waals surface area contributed by atoms with Gasteiger partial charge >= 0.3 is 0 Å². The van der Waals surface area contributed by atoms with Crippen molar-refractivity contribution in [1.29, 1.82) is 0 Å². The van der Waals surface area contributed by atoms with Crippen molar-refractivity contribution in [1.82, 2.24) is 4.90 Å². The van der Waals surface area contributed by atoms with E-state index in [1.54, 1.807) is 19.2 Å². The number of fused-ring (bicyclic) bond motifs is 1. The highest BCUT2D eigenvalue weighted by molar-refractivity contribution is 6.32. The van der Waals surface area contributed by atoms with E-state index in [1.165, 1.54) is 17.0 Å². The minimum Gasteiger partial charge on any atom is -0.504 e. The van der Waals surface area contributed by atoms with E-state index in [2.05, 4.69) is 5.32 Å². The lowest BCUT2D eigenvalue weighted by molar-refractivity contribution is 0.0735. The van der Waals surface area contributed by atoms with Crippen LogP contribution in [0.3, 0.4) is 0 Å². The number of halogens is 1.